The van der Waals surface area contributed by atoms with Gasteiger partial charge in [0, 0.05) is 42.4 Å². The topological polar surface area (TPSA) is 61.9 Å². The van der Waals surface area contributed by atoms with Crippen molar-refractivity contribution in [3.63, 3.8) is 0 Å². The summed E-state index contributed by atoms with van der Waals surface area (Å²) < 4.78 is 37.0. The fraction of sp³-hybridized carbons (Fsp3) is 0.368. The van der Waals surface area contributed by atoms with E-state index in [9.17, 15) is 0 Å². The van der Waals surface area contributed by atoms with Gasteiger partial charge in [0.2, 0.25) is 5.75 Å². The van der Waals surface area contributed by atoms with Crippen molar-refractivity contribution in [3.05, 3.63) is 94.0 Å². The molecule has 0 amide bonds. The molecule has 8 nitrogen and oxygen atoms in total. The molecule has 10 rings (SSSR count). The third-order valence-corrected chi connectivity index (χ3v) is 9.83. The smallest absolute Gasteiger partial charge is 0.204 e. The number of hydrogen-bond donors (Lipinski definition) is 0. The Morgan fingerprint density at radius 3 is 1.93 bits per heavy atom. The molecule has 8 heteroatoms. The zero-order valence-corrected chi connectivity index (χ0v) is 27.5. The summed E-state index contributed by atoms with van der Waals surface area (Å²) in [5.74, 6) is 5.68. The van der Waals surface area contributed by atoms with Gasteiger partial charge in [-0.05, 0) is 98.4 Å². The maximum Gasteiger partial charge on any atom is 0.204 e. The molecule has 2 atom stereocenters. The van der Waals surface area contributed by atoms with Gasteiger partial charge in [-0.15, -0.1) is 0 Å². The lowest BCUT2D eigenvalue weighted by molar-refractivity contribution is 0.221. The van der Waals surface area contributed by atoms with Crippen LogP contribution in [0.15, 0.2) is 60.7 Å². The molecule has 0 aliphatic carbocycles. The molecule has 0 N–H and O–H groups in total. The van der Waals surface area contributed by atoms with E-state index < -0.39 is 0 Å². The summed E-state index contributed by atoms with van der Waals surface area (Å²) in [4.78, 5) is 4.80. The van der Waals surface area contributed by atoms with E-state index in [2.05, 4.69) is 72.4 Å². The van der Waals surface area contributed by atoms with Gasteiger partial charge in [-0.1, -0.05) is 18.2 Å². The van der Waals surface area contributed by atoms with Crippen LogP contribution in [0.3, 0.4) is 0 Å². The van der Waals surface area contributed by atoms with Gasteiger partial charge < -0.3 is 28.4 Å². The van der Waals surface area contributed by atoms with Gasteiger partial charge in [0.1, 0.15) is 17.2 Å². The predicted octanol–water partition coefficient (Wildman–Crippen LogP) is 7.16. The Morgan fingerprint density at radius 1 is 0.609 bits per heavy atom. The first-order valence-electron chi connectivity index (χ1n) is 15.9. The second-order valence-corrected chi connectivity index (χ2v) is 12.4. The molecule has 4 aromatic carbocycles. The van der Waals surface area contributed by atoms with Gasteiger partial charge in [0.25, 0.3) is 0 Å². The van der Waals surface area contributed by atoms with Gasteiger partial charge in [-0.3, -0.25) is 9.80 Å². The SMILES string of the molecule is COc1cc2c3c(c1)Oc1ccc(cc1OC)C[C@@H]1c4c(cc(OC)c(OC)c4Oc4ccc(cc4)C[C@@H]3N(C)CC2)CCN1C. The molecule has 0 saturated carbocycles. The minimum absolute atomic E-state index is 0.0369. The van der Waals surface area contributed by atoms with Gasteiger partial charge in [-0.2, -0.15) is 0 Å². The third kappa shape index (κ3) is 5.39. The van der Waals surface area contributed by atoms with E-state index in [0.717, 1.165) is 67.1 Å². The van der Waals surface area contributed by atoms with Gasteiger partial charge in [0.05, 0.1) is 28.4 Å². The molecular weight excluding hydrogens is 580 g/mol. The van der Waals surface area contributed by atoms with Crippen molar-refractivity contribution in [2.45, 2.75) is 37.8 Å². The van der Waals surface area contributed by atoms with Crippen molar-refractivity contribution in [3.8, 4) is 46.0 Å². The molecule has 4 aromatic rings. The van der Waals surface area contributed by atoms with Crippen LogP contribution in [0.5, 0.6) is 46.0 Å². The van der Waals surface area contributed by atoms with E-state index in [1.807, 2.05) is 12.1 Å². The van der Waals surface area contributed by atoms with Crippen molar-refractivity contribution in [2.75, 3.05) is 55.6 Å². The second kappa shape index (κ2) is 12.4. The zero-order chi connectivity index (χ0) is 31.9. The van der Waals surface area contributed by atoms with E-state index in [4.69, 9.17) is 28.4 Å². The van der Waals surface area contributed by atoms with Crippen molar-refractivity contribution >= 4 is 0 Å². The number of nitrogens with zero attached hydrogens (tertiary/aromatic N) is 2. The lowest BCUT2D eigenvalue weighted by Crippen LogP contribution is -2.34. The Morgan fingerprint density at radius 2 is 1.26 bits per heavy atom. The van der Waals surface area contributed by atoms with Crippen LogP contribution in [0, 0.1) is 0 Å². The van der Waals surface area contributed by atoms with Crippen LogP contribution in [0.1, 0.15) is 45.5 Å². The highest BCUT2D eigenvalue weighted by Crippen LogP contribution is 2.50. The van der Waals surface area contributed by atoms with Crippen molar-refractivity contribution < 1.29 is 28.4 Å². The molecular formula is C38H42N2O6. The molecule has 0 fully saturated rings. The Hall–Kier alpha value is -4.40. The van der Waals surface area contributed by atoms with Crippen LogP contribution >= 0.6 is 0 Å². The summed E-state index contributed by atoms with van der Waals surface area (Å²) in [6.07, 6.45) is 3.35. The first kappa shape index (κ1) is 30.3. The molecule has 0 unspecified atom stereocenters. The monoisotopic (exact) mass is 622 g/mol. The summed E-state index contributed by atoms with van der Waals surface area (Å²) in [7, 11) is 11.1. The number of methoxy groups -OCH3 is 4. The van der Waals surface area contributed by atoms with E-state index in [0.29, 0.717) is 28.7 Å². The lowest BCUT2D eigenvalue weighted by atomic mass is 9.87. The predicted molar refractivity (Wildman–Crippen MR) is 178 cm³/mol. The Balaban J connectivity index is 1.42. The lowest BCUT2D eigenvalue weighted by Gasteiger charge is -2.37. The summed E-state index contributed by atoms with van der Waals surface area (Å²) in [5.41, 5.74) is 7.09. The Bertz CT molecular complexity index is 1750. The first-order valence-corrected chi connectivity index (χ1v) is 15.9. The van der Waals surface area contributed by atoms with Gasteiger partial charge in [0.15, 0.2) is 23.0 Å². The van der Waals surface area contributed by atoms with Crippen LogP contribution < -0.4 is 28.4 Å². The largest absolute Gasteiger partial charge is 0.497 e. The first-order chi connectivity index (χ1) is 22.4. The maximum atomic E-state index is 6.78. The Kier molecular flexibility index (Phi) is 8.17. The van der Waals surface area contributed by atoms with E-state index in [1.54, 1.807) is 28.4 Å². The van der Waals surface area contributed by atoms with Gasteiger partial charge >= 0.3 is 0 Å². The van der Waals surface area contributed by atoms with Crippen LogP contribution in [0.25, 0.3) is 0 Å². The molecule has 0 saturated heterocycles. The van der Waals surface area contributed by atoms with Crippen molar-refractivity contribution in [1.29, 1.82) is 0 Å². The molecule has 0 spiro atoms. The minimum atomic E-state index is 0.0369. The number of ether oxygens (including phenoxy) is 6. The molecule has 240 valence electrons. The summed E-state index contributed by atoms with van der Waals surface area (Å²) in [6.45, 7) is 1.86. The van der Waals surface area contributed by atoms with Crippen molar-refractivity contribution in [2.24, 2.45) is 0 Å². The quantitative estimate of drug-likeness (QED) is 0.238. The molecule has 6 heterocycles. The molecule has 6 aliphatic heterocycles. The zero-order valence-electron chi connectivity index (χ0n) is 27.5. The fourth-order valence-corrected chi connectivity index (χ4v) is 7.31. The standard InChI is InChI=1S/C38H42N2O6/c1-39-15-13-25-20-28(41-3)22-33-35(25)29(39)17-23-7-10-27(11-8-23)45-38-36-26(21-34(43-5)37(38)44-6)14-16-40(2)30(36)18-24-9-12-31(46-33)32(19-24)42-4/h7-12,19-22,29-30H,13-18H2,1-6H3/t29-,30+/m0/s1. The number of hydrogen-bond acceptors (Lipinski definition) is 8. The average molecular weight is 623 g/mol. The van der Waals surface area contributed by atoms with E-state index in [1.165, 1.54) is 22.3 Å². The van der Waals surface area contributed by atoms with Crippen LogP contribution in [0.2, 0.25) is 0 Å². The number of rotatable bonds is 4. The molecule has 4 bridgehead atoms. The normalized spacial score (nSPS) is 19.2. The van der Waals surface area contributed by atoms with Gasteiger partial charge in [-0.25, -0.2) is 0 Å². The van der Waals surface area contributed by atoms with Crippen LogP contribution in [-0.4, -0.2) is 65.4 Å². The third-order valence-electron chi connectivity index (χ3n) is 9.83. The molecule has 0 radical (unpaired) electrons. The van der Waals surface area contributed by atoms with Crippen LogP contribution in [0.4, 0.5) is 0 Å². The number of benzene rings is 4. The summed E-state index contributed by atoms with van der Waals surface area (Å²) in [5, 5.41) is 0. The highest BCUT2D eigenvalue weighted by atomic mass is 16.5. The molecule has 0 aromatic heterocycles. The Labute approximate surface area is 271 Å². The molecule has 46 heavy (non-hydrogen) atoms. The maximum absolute atomic E-state index is 6.78. The fourth-order valence-electron chi connectivity index (χ4n) is 7.31. The number of likely N-dealkylation sites (N-methyl/N-ethyl adjacent to an activating group) is 2. The average Bonchev–Trinajstić information content (AvgIpc) is 3.07. The van der Waals surface area contributed by atoms with E-state index in [-0.39, 0.29) is 12.1 Å². The second-order valence-electron chi connectivity index (χ2n) is 12.4. The van der Waals surface area contributed by atoms with Crippen molar-refractivity contribution in [1.82, 2.24) is 9.80 Å². The minimum Gasteiger partial charge on any atom is -0.497 e. The van der Waals surface area contributed by atoms with E-state index >= 15 is 0 Å². The highest BCUT2D eigenvalue weighted by molar-refractivity contribution is 5.62. The highest BCUT2D eigenvalue weighted by Gasteiger charge is 2.34. The summed E-state index contributed by atoms with van der Waals surface area (Å²) in [6, 6.07) is 21.1. The molecule has 6 aliphatic rings. The van der Waals surface area contributed by atoms with Crippen LogP contribution in [-0.2, 0) is 25.7 Å². The summed E-state index contributed by atoms with van der Waals surface area (Å²) >= 11 is 0.